The van der Waals surface area contributed by atoms with E-state index in [2.05, 4.69) is 15.3 Å². The summed E-state index contributed by atoms with van der Waals surface area (Å²) in [5, 5.41) is 3.32. The summed E-state index contributed by atoms with van der Waals surface area (Å²) in [7, 11) is 1.66. The molecule has 1 aromatic heterocycles. The normalized spacial score (nSPS) is 14.1. The maximum Gasteiger partial charge on any atom is 0.159 e. The van der Waals surface area contributed by atoms with Gasteiger partial charge in [-0.1, -0.05) is 0 Å². The Morgan fingerprint density at radius 2 is 2.06 bits per heavy atom. The topological polar surface area (TPSA) is 47.0 Å². The third-order valence-corrected chi connectivity index (χ3v) is 3.16. The Morgan fingerprint density at radius 1 is 1.22 bits per heavy atom. The zero-order valence-electron chi connectivity index (χ0n) is 10.3. The quantitative estimate of drug-likeness (QED) is 0.871. The van der Waals surface area contributed by atoms with Crippen LogP contribution in [0.1, 0.15) is 11.3 Å². The molecule has 0 fully saturated rings. The van der Waals surface area contributed by atoms with Crippen LogP contribution < -0.4 is 10.1 Å². The highest BCUT2D eigenvalue weighted by Crippen LogP contribution is 2.20. The monoisotopic (exact) mass is 241 g/mol. The molecule has 1 aliphatic rings. The van der Waals surface area contributed by atoms with Crippen molar-refractivity contribution in [1.29, 1.82) is 0 Å². The van der Waals surface area contributed by atoms with E-state index in [0.29, 0.717) is 0 Å². The molecule has 1 N–H and O–H groups in total. The fourth-order valence-corrected chi connectivity index (χ4v) is 2.12. The number of fused-ring (bicyclic) bond motifs is 1. The number of rotatable bonds is 2. The molecule has 3 rings (SSSR count). The van der Waals surface area contributed by atoms with Crippen molar-refractivity contribution in [3.05, 3.63) is 41.7 Å². The van der Waals surface area contributed by atoms with Crippen molar-refractivity contribution in [1.82, 2.24) is 15.3 Å². The highest BCUT2D eigenvalue weighted by molar-refractivity contribution is 5.56. The first-order valence-corrected chi connectivity index (χ1v) is 6.07. The molecule has 0 atom stereocenters. The first-order valence-electron chi connectivity index (χ1n) is 6.07. The summed E-state index contributed by atoms with van der Waals surface area (Å²) >= 11 is 0. The molecule has 1 aromatic carbocycles. The molecule has 0 spiro atoms. The Bertz CT molecular complexity index is 551. The van der Waals surface area contributed by atoms with Gasteiger partial charge in [0.05, 0.1) is 12.8 Å². The van der Waals surface area contributed by atoms with Crippen LogP contribution >= 0.6 is 0 Å². The summed E-state index contributed by atoms with van der Waals surface area (Å²) in [6.45, 7) is 1.87. The van der Waals surface area contributed by atoms with E-state index >= 15 is 0 Å². The highest BCUT2D eigenvalue weighted by Gasteiger charge is 2.12. The second kappa shape index (κ2) is 4.74. The smallest absolute Gasteiger partial charge is 0.159 e. The fraction of sp³-hybridized carbons (Fsp3) is 0.286. The second-order valence-electron chi connectivity index (χ2n) is 4.32. The summed E-state index contributed by atoms with van der Waals surface area (Å²) < 4.78 is 5.15. The lowest BCUT2D eigenvalue weighted by molar-refractivity contribution is 0.415. The third-order valence-electron chi connectivity index (χ3n) is 3.16. The van der Waals surface area contributed by atoms with Crippen LogP contribution in [0.4, 0.5) is 0 Å². The maximum absolute atomic E-state index is 5.15. The van der Waals surface area contributed by atoms with Crippen molar-refractivity contribution in [3.8, 4) is 17.1 Å². The van der Waals surface area contributed by atoms with Crippen LogP contribution in [0.2, 0.25) is 0 Å². The van der Waals surface area contributed by atoms with E-state index in [-0.39, 0.29) is 0 Å². The molecular formula is C14H15N3O. The van der Waals surface area contributed by atoms with Crippen LogP contribution in [0.5, 0.6) is 5.75 Å². The minimum atomic E-state index is 0.790. The molecule has 0 aliphatic carbocycles. The summed E-state index contributed by atoms with van der Waals surface area (Å²) in [4.78, 5) is 9.07. The molecule has 18 heavy (non-hydrogen) atoms. The van der Waals surface area contributed by atoms with Gasteiger partial charge in [-0.05, 0) is 24.3 Å². The van der Waals surface area contributed by atoms with E-state index in [0.717, 1.165) is 42.3 Å². The Labute approximate surface area is 106 Å². The van der Waals surface area contributed by atoms with Gasteiger partial charge in [0.15, 0.2) is 5.82 Å². The Balaban J connectivity index is 1.95. The van der Waals surface area contributed by atoms with Gasteiger partial charge in [-0.3, -0.25) is 0 Å². The van der Waals surface area contributed by atoms with Crippen molar-refractivity contribution < 1.29 is 4.74 Å². The number of methoxy groups -OCH3 is 1. The van der Waals surface area contributed by atoms with Crippen LogP contribution in [0.3, 0.4) is 0 Å². The molecule has 0 amide bonds. The van der Waals surface area contributed by atoms with Crippen molar-refractivity contribution in [2.24, 2.45) is 0 Å². The van der Waals surface area contributed by atoms with E-state index in [1.165, 1.54) is 5.56 Å². The molecule has 0 saturated heterocycles. The van der Waals surface area contributed by atoms with Crippen LogP contribution in [0, 0.1) is 0 Å². The fourth-order valence-electron chi connectivity index (χ4n) is 2.12. The molecule has 4 nitrogen and oxygen atoms in total. The number of nitrogens with zero attached hydrogens (tertiary/aromatic N) is 2. The number of aromatic nitrogens is 2. The van der Waals surface area contributed by atoms with E-state index in [9.17, 15) is 0 Å². The van der Waals surface area contributed by atoms with Crippen molar-refractivity contribution in [2.75, 3.05) is 13.7 Å². The van der Waals surface area contributed by atoms with Crippen molar-refractivity contribution >= 4 is 0 Å². The maximum atomic E-state index is 5.15. The van der Waals surface area contributed by atoms with Gasteiger partial charge in [-0.2, -0.15) is 0 Å². The Morgan fingerprint density at radius 3 is 2.83 bits per heavy atom. The van der Waals surface area contributed by atoms with Gasteiger partial charge in [0.25, 0.3) is 0 Å². The van der Waals surface area contributed by atoms with Gasteiger partial charge < -0.3 is 10.1 Å². The molecule has 0 bridgehead atoms. The average molecular weight is 241 g/mol. The largest absolute Gasteiger partial charge is 0.497 e. The molecule has 2 aromatic rings. The molecule has 92 valence electrons. The van der Waals surface area contributed by atoms with Crippen LogP contribution in [-0.4, -0.2) is 23.6 Å². The van der Waals surface area contributed by atoms with E-state index in [4.69, 9.17) is 4.74 Å². The summed E-state index contributed by atoms with van der Waals surface area (Å²) in [5.41, 5.74) is 3.39. The standard InChI is InChI=1S/C14H15N3O/c1-18-12-4-2-10(3-5-12)14-16-9-11-8-15-7-6-13(11)17-14/h2-5,9,15H,6-8H2,1H3. The average Bonchev–Trinajstić information content (AvgIpc) is 2.47. The first-order chi connectivity index (χ1) is 8.86. The van der Waals surface area contributed by atoms with Gasteiger partial charge in [0, 0.05) is 36.8 Å². The van der Waals surface area contributed by atoms with Gasteiger partial charge >= 0.3 is 0 Å². The van der Waals surface area contributed by atoms with Crippen LogP contribution in [-0.2, 0) is 13.0 Å². The Hall–Kier alpha value is -1.94. The molecule has 0 unspecified atom stereocenters. The molecule has 0 saturated carbocycles. The third kappa shape index (κ3) is 2.07. The van der Waals surface area contributed by atoms with Crippen molar-refractivity contribution in [3.63, 3.8) is 0 Å². The number of nitrogens with one attached hydrogen (secondary N) is 1. The number of benzene rings is 1. The van der Waals surface area contributed by atoms with Crippen LogP contribution in [0.25, 0.3) is 11.4 Å². The first kappa shape index (κ1) is 11.2. The number of hydrogen-bond acceptors (Lipinski definition) is 4. The van der Waals surface area contributed by atoms with E-state index < -0.39 is 0 Å². The molecule has 4 heteroatoms. The molecule has 0 radical (unpaired) electrons. The van der Waals surface area contributed by atoms with E-state index in [1.54, 1.807) is 7.11 Å². The SMILES string of the molecule is COc1ccc(-c2ncc3c(n2)CCNC3)cc1. The second-order valence-corrected chi connectivity index (χ2v) is 4.32. The summed E-state index contributed by atoms with van der Waals surface area (Å²) in [6, 6.07) is 7.84. The lowest BCUT2D eigenvalue weighted by Crippen LogP contribution is -2.24. The lowest BCUT2D eigenvalue weighted by Gasteiger charge is -2.16. The predicted molar refractivity (Wildman–Crippen MR) is 69.4 cm³/mol. The highest BCUT2D eigenvalue weighted by atomic mass is 16.5. The van der Waals surface area contributed by atoms with Gasteiger partial charge in [-0.15, -0.1) is 0 Å². The number of ether oxygens (including phenoxy) is 1. The molecular weight excluding hydrogens is 226 g/mol. The van der Waals surface area contributed by atoms with Crippen LogP contribution in [0.15, 0.2) is 30.5 Å². The van der Waals surface area contributed by atoms with Gasteiger partial charge in [-0.25, -0.2) is 9.97 Å². The lowest BCUT2D eigenvalue weighted by atomic mass is 10.1. The molecule has 1 aliphatic heterocycles. The summed E-state index contributed by atoms with van der Waals surface area (Å²) in [5.74, 6) is 1.64. The predicted octanol–water partition coefficient (Wildman–Crippen LogP) is 1.80. The van der Waals surface area contributed by atoms with E-state index in [1.807, 2.05) is 30.5 Å². The zero-order valence-corrected chi connectivity index (χ0v) is 10.3. The minimum Gasteiger partial charge on any atom is -0.497 e. The summed E-state index contributed by atoms with van der Waals surface area (Å²) in [6.07, 6.45) is 2.90. The number of hydrogen-bond donors (Lipinski definition) is 1. The zero-order chi connectivity index (χ0) is 12.4. The minimum absolute atomic E-state index is 0.790. The van der Waals surface area contributed by atoms with Gasteiger partial charge in [0.1, 0.15) is 5.75 Å². The Kier molecular flexibility index (Phi) is 2.94. The molecule has 2 heterocycles. The van der Waals surface area contributed by atoms with Gasteiger partial charge in [0.2, 0.25) is 0 Å². The van der Waals surface area contributed by atoms with Crippen molar-refractivity contribution in [2.45, 2.75) is 13.0 Å².